The van der Waals surface area contributed by atoms with Crippen LogP contribution in [0.2, 0.25) is 0 Å². The number of carbonyl (C=O) groups is 2. The Balaban J connectivity index is 2.14. The number of carbonyl (C=O) groups excluding carboxylic acids is 2. The Bertz CT molecular complexity index is 336. The summed E-state index contributed by atoms with van der Waals surface area (Å²) in [6.07, 6.45) is 7.36. The van der Waals surface area contributed by atoms with Crippen molar-refractivity contribution in [3.05, 3.63) is 0 Å². The van der Waals surface area contributed by atoms with Crippen LogP contribution >= 0.6 is 0 Å². The summed E-state index contributed by atoms with van der Waals surface area (Å²) in [5, 5.41) is 9.35. The molecule has 114 valence electrons. The molecule has 0 spiro atoms. The Hall–Kier alpha value is -1.59. The maximum Gasteiger partial charge on any atom is 0.335 e. The number of hydrogen-bond donors (Lipinski definition) is 3. The van der Waals surface area contributed by atoms with Gasteiger partial charge in [0.15, 0.2) is 0 Å². The molecule has 0 aliphatic heterocycles. The van der Waals surface area contributed by atoms with Crippen LogP contribution in [-0.2, 0) is 4.79 Å². The van der Waals surface area contributed by atoms with Gasteiger partial charge in [0.05, 0.1) is 0 Å². The van der Waals surface area contributed by atoms with E-state index in [-0.39, 0.29) is 17.9 Å². The van der Waals surface area contributed by atoms with Crippen molar-refractivity contribution in [2.75, 3.05) is 13.6 Å². The lowest BCUT2D eigenvalue weighted by Crippen LogP contribution is -2.38. The fourth-order valence-corrected chi connectivity index (χ4v) is 2.41. The third-order valence-corrected chi connectivity index (χ3v) is 3.69. The van der Waals surface area contributed by atoms with E-state index in [0.717, 1.165) is 38.5 Å². The second kappa shape index (κ2) is 9.34. The highest BCUT2D eigenvalue weighted by Crippen LogP contribution is 2.28. The molecule has 0 radical (unpaired) electrons. The average Bonchev–Trinajstić information content (AvgIpc) is 2.49. The van der Waals surface area contributed by atoms with E-state index in [1.807, 2.05) is 0 Å². The molecule has 1 rings (SSSR count). The Morgan fingerprint density at radius 3 is 2.55 bits per heavy atom. The van der Waals surface area contributed by atoms with Crippen LogP contribution in [-0.4, -0.2) is 31.7 Å². The Morgan fingerprint density at radius 2 is 1.95 bits per heavy atom. The summed E-state index contributed by atoms with van der Waals surface area (Å²) in [7, 11) is 1.68. The van der Waals surface area contributed by atoms with E-state index in [4.69, 9.17) is 0 Å². The van der Waals surface area contributed by atoms with Crippen molar-refractivity contribution in [3.63, 3.8) is 0 Å². The summed E-state index contributed by atoms with van der Waals surface area (Å²) in [5.41, 5.74) is 2.45. The highest BCUT2D eigenvalue weighted by atomic mass is 16.2. The number of nitrogens with zero attached hydrogens (tertiary/aromatic N) is 1. The summed E-state index contributed by atoms with van der Waals surface area (Å²) < 4.78 is 0. The van der Waals surface area contributed by atoms with E-state index >= 15 is 0 Å². The van der Waals surface area contributed by atoms with Crippen LogP contribution in [0.25, 0.3) is 0 Å². The smallest absolute Gasteiger partial charge is 0.335 e. The van der Waals surface area contributed by atoms with Crippen LogP contribution in [0.5, 0.6) is 0 Å². The van der Waals surface area contributed by atoms with Gasteiger partial charge in [-0.05, 0) is 38.0 Å². The van der Waals surface area contributed by atoms with Crippen LogP contribution in [0.15, 0.2) is 5.10 Å². The van der Waals surface area contributed by atoms with Gasteiger partial charge in [-0.3, -0.25) is 4.79 Å². The molecular formula is C14H26N4O2. The van der Waals surface area contributed by atoms with Gasteiger partial charge in [0.2, 0.25) is 5.91 Å². The summed E-state index contributed by atoms with van der Waals surface area (Å²) in [6.45, 7) is 2.71. The maximum absolute atomic E-state index is 11.5. The van der Waals surface area contributed by atoms with Gasteiger partial charge in [-0.1, -0.05) is 13.3 Å². The van der Waals surface area contributed by atoms with Crippen molar-refractivity contribution in [1.82, 2.24) is 16.1 Å². The highest BCUT2D eigenvalue weighted by Gasteiger charge is 2.25. The minimum absolute atomic E-state index is 0.138. The standard InChI is InChI=1S/C14H26N4O2/c1-3-4-9-17-18-14(20)16-10-11-5-7-12(8-6-11)13(19)15-2/h9,11-12H,3-8,10H2,1-2H3,(H,15,19)(H2,16,18,20). The first-order valence-corrected chi connectivity index (χ1v) is 7.44. The maximum atomic E-state index is 11.5. The van der Waals surface area contributed by atoms with E-state index < -0.39 is 0 Å². The summed E-state index contributed by atoms with van der Waals surface area (Å²) >= 11 is 0. The second-order valence-electron chi connectivity index (χ2n) is 5.25. The minimum atomic E-state index is -0.259. The normalized spacial score (nSPS) is 22.5. The monoisotopic (exact) mass is 282 g/mol. The third-order valence-electron chi connectivity index (χ3n) is 3.69. The minimum Gasteiger partial charge on any atom is -0.359 e. The summed E-state index contributed by atoms with van der Waals surface area (Å²) in [5.74, 6) is 0.740. The largest absolute Gasteiger partial charge is 0.359 e. The topological polar surface area (TPSA) is 82.6 Å². The van der Waals surface area contributed by atoms with Gasteiger partial charge < -0.3 is 10.6 Å². The molecular weight excluding hydrogens is 256 g/mol. The molecule has 0 atom stereocenters. The van der Waals surface area contributed by atoms with Crippen LogP contribution in [0.3, 0.4) is 0 Å². The Labute approximate surface area is 120 Å². The van der Waals surface area contributed by atoms with Crippen molar-refractivity contribution in [3.8, 4) is 0 Å². The van der Waals surface area contributed by atoms with Gasteiger partial charge in [-0.15, -0.1) is 0 Å². The lowest BCUT2D eigenvalue weighted by Gasteiger charge is -2.27. The first kappa shape index (κ1) is 16.5. The summed E-state index contributed by atoms with van der Waals surface area (Å²) in [6, 6.07) is -0.259. The number of unbranched alkanes of at least 4 members (excludes halogenated alkanes) is 1. The lowest BCUT2D eigenvalue weighted by atomic mass is 9.81. The van der Waals surface area contributed by atoms with Gasteiger partial charge in [0, 0.05) is 25.7 Å². The van der Waals surface area contributed by atoms with E-state index in [1.54, 1.807) is 13.3 Å². The van der Waals surface area contributed by atoms with Crippen LogP contribution in [0.1, 0.15) is 45.4 Å². The van der Waals surface area contributed by atoms with Gasteiger partial charge in [0.1, 0.15) is 0 Å². The zero-order valence-corrected chi connectivity index (χ0v) is 12.4. The zero-order chi connectivity index (χ0) is 14.8. The fourth-order valence-electron chi connectivity index (χ4n) is 2.41. The molecule has 1 aliphatic carbocycles. The molecule has 6 heteroatoms. The zero-order valence-electron chi connectivity index (χ0n) is 12.4. The quantitative estimate of drug-likeness (QED) is 0.511. The average molecular weight is 282 g/mol. The Morgan fingerprint density at radius 1 is 1.25 bits per heavy atom. The van der Waals surface area contributed by atoms with E-state index in [2.05, 4.69) is 28.1 Å². The van der Waals surface area contributed by atoms with Gasteiger partial charge in [-0.25, -0.2) is 10.2 Å². The second-order valence-corrected chi connectivity index (χ2v) is 5.25. The van der Waals surface area contributed by atoms with Crippen LogP contribution in [0.4, 0.5) is 4.79 Å². The van der Waals surface area contributed by atoms with E-state index in [1.165, 1.54) is 0 Å². The van der Waals surface area contributed by atoms with Crippen molar-refractivity contribution < 1.29 is 9.59 Å². The first-order chi connectivity index (χ1) is 9.67. The first-order valence-electron chi connectivity index (χ1n) is 7.44. The van der Waals surface area contributed by atoms with E-state index in [0.29, 0.717) is 12.5 Å². The predicted octanol–water partition coefficient (Wildman–Crippen LogP) is 1.62. The molecule has 3 amide bonds. The highest BCUT2D eigenvalue weighted by molar-refractivity contribution is 5.78. The molecule has 0 aromatic heterocycles. The third kappa shape index (κ3) is 6.04. The molecule has 6 nitrogen and oxygen atoms in total. The van der Waals surface area contributed by atoms with Crippen molar-refractivity contribution in [2.45, 2.75) is 45.4 Å². The SMILES string of the molecule is CCCC=NNC(=O)NCC1CCC(C(=O)NC)CC1. The Kier molecular flexibility index (Phi) is 7.69. The number of urea groups is 1. The molecule has 0 bridgehead atoms. The lowest BCUT2D eigenvalue weighted by molar-refractivity contribution is -0.125. The molecule has 1 saturated carbocycles. The molecule has 3 N–H and O–H groups in total. The molecule has 0 saturated heterocycles. The van der Waals surface area contributed by atoms with Crippen LogP contribution < -0.4 is 16.1 Å². The van der Waals surface area contributed by atoms with Crippen molar-refractivity contribution in [2.24, 2.45) is 16.9 Å². The molecule has 20 heavy (non-hydrogen) atoms. The molecule has 0 unspecified atom stereocenters. The number of rotatable bonds is 6. The molecule has 0 aromatic rings. The number of nitrogens with one attached hydrogen (secondary N) is 3. The molecule has 0 heterocycles. The van der Waals surface area contributed by atoms with Gasteiger partial charge >= 0.3 is 6.03 Å². The fraction of sp³-hybridized carbons (Fsp3) is 0.786. The number of hydrazone groups is 1. The van der Waals surface area contributed by atoms with Crippen LogP contribution in [0, 0.1) is 11.8 Å². The molecule has 0 aromatic carbocycles. The van der Waals surface area contributed by atoms with Gasteiger partial charge in [-0.2, -0.15) is 5.10 Å². The summed E-state index contributed by atoms with van der Waals surface area (Å²) in [4.78, 5) is 23.0. The number of amides is 3. The van der Waals surface area contributed by atoms with Crippen molar-refractivity contribution in [1.29, 1.82) is 0 Å². The number of hydrogen-bond acceptors (Lipinski definition) is 3. The van der Waals surface area contributed by atoms with E-state index in [9.17, 15) is 9.59 Å². The van der Waals surface area contributed by atoms with Crippen molar-refractivity contribution >= 4 is 18.2 Å². The molecule has 1 aliphatic rings. The van der Waals surface area contributed by atoms with Gasteiger partial charge in [0.25, 0.3) is 0 Å². The molecule has 1 fully saturated rings. The predicted molar refractivity (Wildman–Crippen MR) is 79.4 cm³/mol.